The van der Waals surface area contributed by atoms with Crippen molar-refractivity contribution in [2.24, 2.45) is 0 Å². The highest BCUT2D eigenvalue weighted by Gasteiger charge is 1.72. The number of rotatable bonds is 0. The van der Waals surface area contributed by atoms with Gasteiger partial charge in [0.15, 0.2) is 0 Å². The highest BCUT2D eigenvalue weighted by molar-refractivity contribution is 6.92. The molecule has 0 bridgehead atoms. The molecule has 0 N–H and O–H groups in total. The maximum atomic E-state index is 2.08. The van der Waals surface area contributed by atoms with Crippen LogP contribution in [0.5, 0.6) is 0 Å². The first-order valence-electron chi connectivity index (χ1n) is 2.41. The van der Waals surface area contributed by atoms with Crippen LogP contribution in [0.3, 0.4) is 0 Å². The molecule has 0 aliphatic rings. The molecule has 0 spiro atoms. The predicted molar refractivity (Wildman–Crippen MR) is 42.3 cm³/mol. The van der Waals surface area contributed by atoms with Crippen molar-refractivity contribution in [2.75, 3.05) is 0 Å². The fourth-order valence-corrected chi connectivity index (χ4v) is 0.534. The van der Waals surface area contributed by atoms with Gasteiger partial charge in [0.2, 0.25) is 0 Å². The first-order chi connectivity index (χ1) is 3.39. The first kappa shape index (κ1) is 7.65. The summed E-state index contributed by atoms with van der Waals surface area (Å²) in [4.78, 5) is 0. The molecule has 0 amide bonds. The van der Waals surface area contributed by atoms with Crippen LogP contribution in [0.25, 0.3) is 0 Å². The Labute approximate surface area is 53.5 Å². The van der Waals surface area contributed by atoms with Crippen molar-refractivity contribution in [1.29, 1.82) is 0 Å². The fourth-order valence-electron chi connectivity index (χ4n) is 0.534. The zero-order valence-corrected chi connectivity index (χ0v) is 6.51. The van der Waals surface area contributed by atoms with Crippen LogP contribution in [-0.2, 0) is 0 Å². The lowest BCUT2D eigenvalue weighted by Crippen LogP contribution is -1.62. The van der Waals surface area contributed by atoms with E-state index in [2.05, 4.69) is 19.1 Å². The smallest absolute Gasteiger partial charge is 0.0398 e. The summed E-state index contributed by atoms with van der Waals surface area (Å²) in [6, 6.07) is 10.3. The minimum Gasteiger partial charge on any atom is -0.153 e. The molecule has 1 aromatic rings. The maximum absolute atomic E-state index is 2.08. The third-order valence-corrected chi connectivity index (χ3v) is 0.940. The highest BCUT2D eigenvalue weighted by atomic mass is 31.0. The van der Waals surface area contributed by atoms with E-state index in [1.807, 2.05) is 18.2 Å². The molecule has 0 nitrogen and oxygen atoms in total. The van der Waals surface area contributed by atoms with Crippen LogP contribution in [0.4, 0.5) is 0 Å². The Morgan fingerprint density at radius 3 is 1.75 bits per heavy atom. The molecule has 1 atom stereocenters. The third kappa shape index (κ3) is 2.09. The van der Waals surface area contributed by atoms with Gasteiger partial charge in [-0.25, -0.2) is 0 Å². The number of hydrogen-bond donors (Lipinski definition) is 0. The Kier molecular flexibility index (Phi) is 3.47. The summed E-state index contributed by atoms with van der Waals surface area (Å²) in [5.74, 6) is 0. The Bertz CT molecular complexity index is 134. The first-order valence-corrected chi connectivity index (χ1v) is 2.41. The maximum Gasteiger partial charge on any atom is -0.0398 e. The topological polar surface area (TPSA) is 0 Å². The van der Waals surface area contributed by atoms with Crippen LogP contribution >= 0.6 is 9.90 Å². The van der Waals surface area contributed by atoms with Gasteiger partial charge in [0.25, 0.3) is 0 Å². The summed E-state index contributed by atoms with van der Waals surface area (Å²) >= 11 is 0. The molecule has 0 aliphatic heterocycles. The van der Waals surface area contributed by atoms with E-state index >= 15 is 0 Å². The van der Waals surface area contributed by atoms with Crippen molar-refractivity contribution in [3.63, 3.8) is 0 Å². The molecule has 0 fully saturated rings. The number of benzene rings is 1. The van der Waals surface area contributed by atoms with Gasteiger partial charge in [-0.15, -0.1) is 0 Å². The molecule has 8 heavy (non-hydrogen) atoms. The lowest BCUT2D eigenvalue weighted by Gasteiger charge is -1.82. The molecule has 0 aromatic heterocycles. The van der Waals surface area contributed by atoms with Gasteiger partial charge in [-0.2, -0.15) is 9.90 Å². The Morgan fingerprint density at radius 2 is 1.50 bits per heavy atom. The van der Waals surface area contributed by atoms with Gasteiger partial charge >= 0.3 is 0 Å². The summed E-state index contributed by atoms with van der Waals surface area (Å²) in [7, 11) is 0. The Morgan fingerprint density at radius 1 is 1.00 bits per heavy atom. The molecule has 0 saturated carbocycles. The van der Waals surface area contributed by atoms with Gasteiger partial charge in [-0.05, 0) is 6.92 Å². The summed E-state index contributed by atoms with van der Waals surface area (Å²) in [6.45, 7) is 2.08. The van der Waals surface area contributed by atoms with Crippen LogP contribution in [-0.4, -0.2) is 0 Å². The van der Waals surface area contributed by atoms with Gasteiger partial charge in [-0.3, -0.25) is 0 Å². The molecular formula is C7H11P. The summed E-state index contributed by atoms with van der Waals surface area (Å²) in [5.41, 5.74) is 1.32. The SMILES string of the molecule is Cc1ccccc1.P. The van der Waals surface area contributed by atoms with Gasteiger partial charge < -0.3 is 0 Å². The van der Waals surface area contributed by atoms with E-state index < -0.39 is 0 Å². The number of aryl methyl sites for hydroxylation is 1. The second kappa shape index (κ2) is 3.63. The Balaban J connectivity index is 0.000000490. The summed E-state index contributed by atoms with van der Waals surface area (Å²) in [6.07, 6.45) is 0. The summed E-state index contributed by atoms with van der Waals surface area (Å²) < 4.78 is 0. The van der Waals surface area contributed by atoms with E-state index in [0.717, 1.165) is 0 Å². The van der Waals surface area contributed by atoms with Crippen molar-refractivity contribution in [3.8, 4) is 0 Å². The second-order valence-electron chi connectivity index (χ2n) is 1.65. The quantitative estimate of drug-likeness (QED) is 0.467. The van der Waals surface area contributed by atoms with Crippen LogP contribution in [0.2, 0.25) is 0 Å². The average Bonchev–Trinajstić information content (AvgIpc) is 1.69. The van der Waals surface area contributed by atoms with Crippen LogP contribution in [0.1, 0.15) is 5.56 Å². The van der Waals surface area contributed by atoms with E-state index in [9.17, 15) is 0 Å². The fraction of sp³-hybridized carbons (Fsp3) is 0.143. The van der Waals surface area contributed by atoms with Gasteiger partial charge in [0.05, 0.1) is 0 Å². The largest absolute Gasteiger partial charge is 0.153 e. The minimum absolute atomic E-state index is 0. The van der Waals surface area contributed by atoms with Crippen LogP contribution in [0.15, 0.2) is 30.3 Å². The third-order valence-electron chi connectivity index (χ3n) is 0.940. The molecule has 1 unspecified atom stereocenters. The molecule has 0 radical (unpaired) electrons. The number of hydrogen-bond acceptors (Lipinski definition) is 0. The standard InChI is InChI=1S/C7H8.H3P/c1-7-5-3-2-4-6-7;/h2-6H,1H3;1H3. The lowest BCUT2D eigenvalue weighted by molar-refractivity contribution is 1.48. The zero-order chi connectivity index (χ0) is 5.11. The molecule has 0 aliphatic carbocycles. The Hall–Kier alpha value is -0.350. The molecule has 1 rings (SSSR count). The molecule has 0 saturated heterocycles. The lowest BCUT2D eigenvalue weighted by atomic mass is 10.2. The normalized spacial score (nSPS) is 7.62. The van der Waals surface area contributed by atoms with Crippen molar-refractivity contribution in [3.05, 3.63) is 35.9 Å². The molecule has 1 heteroatoms. The highest BCUT2D eigenvalue weighted by Crippen LogP contribution is 1.92. The van der Waals surface area contributed by atoms with Crippen LogP contribution in [0, 0.1) is 6.92 Å². The van der Waals surface area contributed by atoms with E-state index in [1.54, 1.807) is 0 Å². The predicted octanol–water partition coefficient (Wildman–Crippen LogP) is 2.05. The zero-order valence-electron chi connectivity index (χ0n) is 5.09. The van der Waals surface area contributed by atoms with Gasteiger partial charge in [-0.1, -0.05) is 35.9 Å². The van der Waals surface area contributed by atoms with Crippen molar-refractivity contribution < 1.29 is 0 Å². The van der Waals surface area contributed by atoms with Crippen LogP contribution < -0.4 is 0 Å². The molecule has 44 valence electrons. The van der Waals surface area contributed by atoms with E-state index in [1.165, 1.54) is 5.56 Å². The average molecular weight is 126 g/mol. The second-order valence-corrected chi connectivity index (χ2v) is 1.65. The van der Waals surface area contributed by atoms with Gasteiger partial charge in [0.1, 0.15) is 0 Å². The molecule has 1 aromatic carbocycles. The molecular weight excluding hydrogens is 115 g/mol. The summed E-state index contributed by atoms with van der Waals surface area (Å²) in [5, 5.41) is 0. The van der Waals surface area contributed by atoms with Crippen molar-refractivity contribution in [2.45, 2.75) is 6.92 Å². The van der Waals surface area contributed by atoms with E-state index in [-0.39, 0.29) is 9.90 Å². The monoisotopic (exact) mass is 126 g/mol. The van der Waals surface area contributed by atoms with E-state index in [0.29, 0.717) is 0 Å². The van der Waals surface area contributed by atoms with Crippen molar-refractivity contribution in [1.82, 2.24) is 0 Å². The minimum atomic E-state index is 0. The molecule has 0 heterocycles. The van der Waals surface area contributed by atoms with Gasteiger partial charge in [0, 0.05) is 0 Å². The van der Waals surface area contributed by atoms with E-state index in [4.69, 9.17) is 0 Å². The van der Waals surface area contributed by atoms with Crippen molar-refractivity contribution >= 4 is 9.90 Å².